The molecule has 0 bridgehead atoms. The molecular weight excluding hydrogens is 306 g/mol. The molecule has 2 heterocycles. The normalized spacial score (nSPS) is 17.7. The van der Waals surface area contributed by atoms with Crippen molar-refractivity contribution in [2.45, 2.75) is 33.4 Å². The van der Waals surface area contributed by atoms with E-state index in [1.807, 2.05) is 20.8 Å². The van der Waals surface area contributed by atoms with E-state index in [4.69, 9.17) is 4.52 Å². The number of piperazine rings is 1. The molecule has 0 aliphatic carbocycles. The molecule has 0 aromatic carbocycles. The van der Waals surface area contributed by atoms with Crippen molar-refractivity contribution in [2.24, 2.45) is 5.41 Å². The van der Waals surface area contributed by atoms with Crippen LogP contribution in [-0.4, -0.2) is 54.9 Å². The molecule has 2 rings (SSSR count). The zero-order chi connectivity index (χ0) is 16.5. The molecule has 1 aliphatic heterocycles. The van der Waals surface area contributed by atoms with E-state index < -0.39 is 15.4 Å². The highest BCUT2D eigenvalue weighted by Crippen LogP contribution is 2.20. The second kappa shape index (κ2) is 6.00. The molecule has 1 saturated heterocycles. The topological polar surface area (TPSA) is 83.7 Å². The summed E-state index contributed by atoms with van der Waals surface area (Å²) < 4.78 is 31.1. The van der Waals surface area contributed by atoms with Crippen molar-refractivity contribution in [3.63, 3.8) is 0 Å². The van der Waals surface area contributed by atoms with Crippen LogP contribution in [0.4, 0.5) is 0 Å². The number of hydrogen-bond donors (Lipinski definition) is 0. The fraction of sp³-hybridized carbons (Fsp3) is 0.714. The third kappa shape index (κ3) is 3.86. The summed E-state index contributed by atoms with van der Waals surface area (Å²) in [6, 6.07) is 1.62. The quantitative estimate of drug-likeness (QED) is 0.826. The average molecular weight is 329 g/mol. The third-order valence-electron chi connectivity index (χ3n) is 3.56. The molecule has 1 aliphatic rings. The molecule has 1 amide bonds. The van der Waals surface area contributed by atoms with Crippen molar-refractivity contribution in [3.8, 4) is 0 Å². The van der Waals surface area contributed by atoms with Gasteiger partial charge in [-0.1, -0.05) is 25.9 Å². The molecule has 0 N–H and O–H groups in total. The molecule has 0 atom stereocenters. The van der Waals surface area contributed by atoms with E-state index in [-0.39, 0.29) is 11.7 Å². The molecule has 8 heteroatoms. The van der Waals surface area contributed by atoms with Crippen LogP contribution in [0.25, 0.3) is 0 Å². The Labute approximate surface area is 131 Å². The van der Waals surface area contributed by atoms with Crippen LogP contribution in [0.1, 0.15) is 32.2 Å². The van der Waals surface area contributed by atoms with E-state index in [2.05, 4.69) is 5.16 Å². The minimum atomic E-state index is -3.45. The molecule has 22 heavy (non-hydrogen) atoms. The van der Waals surface area contributed by atoms with E-state index in [1.54, 1.807) is 17.9 Å². The van der Waals surface area contributed by atoms with Gasteiger partial charge in [-0.2, -0.15) is 4.31 Å². The number of nitrogens with zero attached hydrogens (tertiary/aromatic N) is 3. The lowest BCUT2D eigenvalue weighted by molar-refractivity contribution is -0.140. The Hall–Kier alpha value is -1.41. The van der Waals surface area contributed by atoms with Gasteiger partial charge in [0.05, 0.1) is 5.69 Å². The zero-order valence-electron chi connectivity index (χ0n) is 13.5. The first-order chi connectivity index (χ1) is 10.1. The number of aromatic nitrogens is 1. The maximum atomic E-state index is 12.4. The number of rotatable bonds is 3. The van der Waals surface area contributed by atoms with Gasteiger partial charge in [0.2, 0.25) is 15.9 Å². The molecular formula is C14H23N3O4S. The fourth-order valence-corrected chi connectivity index (χ4v) is 3.80. The monoisotopic (exact) mass is 329 g/mol. The Bertz CT molecular complexity index is 637. The summed E-state index contributed by atoms with van der Waals surface area (Å²) in [7, 11) is -3.45. The predicted octanol–water partition coefficient (Wildman–Crippen LogP) is 1.00. The Morgan fingerprint density at radius 2 is 1.86 bits per heavy atom. The molecule has 0 spiro atoms. The van der Waals surface area contributed by atoms with Crippen LogP contribution in [0.3, 0.4) is 0 Å². The van der Waals surface area contributed by atoms with Crippen molar-refractivity contribution >= 4 is 15.9 Å². The van der Waals surface area contributed by atoms with Crippen LogP contribution in [-0.2, 0) is 20.6 Å². The number of aryl methyl sites for hydroxylation is 1. The molecule has 1 aromatic heterocycles. The first kappa shape index (κ1) is 17.0. The minimum Gasteiger partial charge on any atom is -0.360 e. The Morgan fingerprint density at radius 3 is 2.32 bits per heavy atom. The van der Waals surface area contributed by atoms with Gasteiger partial charge in [0.25, 0.3) is 0 Å². The molecule has 0 unspecified atom stereocenters. The number of amides is 1. The van der Waals surface area contributed by atoms with Crippen molar-refractivity contribution in [2.75, 3.05) is 26.2 Å². The highest BCUT2D eigenvalue weighted by Gasteiger charge is 2.33. The van der Waals surface area contributed by atoms with E-state index in [0.29, 0.717) is 37.6 Å². The SMILES string of the molecule is Cc1cc(CS(=O)(=O)N2CCN(C(=O)C(C)(C)C)CC2)on1. The average Bonchev–Trinajstić information content (AvgIpc) is 2.81. The maximum Gasteiger partial charge on any atom is 0.228 e. The molecule has 1 fully saturated rings. The number of hydrogen-bond acceptors (Lipinski definition) is 5. The summed E-state index contributed by atoms with van der Waals surface area (Å²) >= 11 is 0. The van der Waals surface area contributed by atoms with Crippen molar-refractivity contribution in [1.29, 1.82) is 0 Å². The van der Waals surface area contributed by atoms with Crippen LogP contribution in [0.5, 0.6) is 0 Å². The van der Waals surface area contributed by atoms with Crippen molar-refractivity contribution in [1.82, 2.24) is 14.4 Å². The molecule has 1 aromatic rings. The summed E-state index contributed by atoms with van der Waals surface area (Å²) in [4.78, 5) is 13.9. The lowest BCUT2D eigenvalue weighted by Crippen LogP contribution is -2.53. The van der Waals surface area contributed by atoms with Crippen LogP contribution < -0.4 is 0 Å². The third-order valence-corrected chi connectivity index (χ3v) is 5.36. The van der Waals surface area contributed by atoms with Gasteiger partial charge < -0.3 is 9.42 Å². The van der Waals surface area contributed by atoms with Gasteiger partial charge in [0.1, 0.15) is 5.75 Å². The standard InChI is InChI=1S/C14H23N3O4S/c1-11-9-12(21-15-11)10-22(19,20)17-7-5-16(6-8-17)13(18)14(2,3)4/h9H,5-8,10H2,1-4H3. The molecule has 0 saturated carbocycles. The van der Waals surface area contributed by atoms with Gasteiger partial charge >= 0.3 is 0 Å². The largest absolute Gasteiger partial charge is 0.360 e. The molecule has 124 valence electrons. The Balaban J connectivity index is 1.97. The van der Waals surface area contributed by atoms with Gasteiger partial charge in [-0.3, -0.25) is 4.79 Å². The highest BCUT2D eigenvalue weighted by molar-refractivity contribution is 7.88. The number of carbonyl (C=O) groups is 1. The summed E-state index contributed by atoms with van der Waals surface area (Å²) in [6.07, 6.45) is 0. The van der Waals surface area contributed by atoms with E-state index in [9.17, 15) is 13.2 Å². The van der Waals surface area contributed by atoms with Crippen molar-refractivity contribution < 1.29 is 17.7 Å². The van der Waals surface area contributed by atoms with Crippen LogP contribution in [0, 0.1) is 12.3 Å². The molecule has 7 nitrogen and oxygen atoms in total. The lowest BCUT2D eigenvalue weighted by atomic mass is 9.94. The highest BCUT2D eigenvalue weighted by atomic mass is 32.2. The summed E-state index contributed by atoms with van der Waals surface area (Å²) in [5.41, 5.74) is 0.212. The Kier molecular flexibility index (Phi) is 4.62. The van der Waals surface area contributed by atoms with E-state index in [1.165, 1.54) is 4.31 Å². The van der Waals surface area contributed by atoms with Crippen LogP contribution in [0.2, 0.25) is 0 Å². The van der Waals surface area contributed by atoms with Gasteiger partial charge in [0.15, 0.2) is 5.76 Å². The van der Waals surface area contributed by atoms with E-state index in [0.717, 1.165) is 0 Å². The second-order valence-electron chi connectivity index (χ2n) is 6.63. The smallest absolute Gasteiger partial charge is 0.228 e. The van der Waals surface area contributed by atoms with Gasteiger partial charge in [0, 0.05) is 37.7 Å². The summed E-state index contributed by atoms with van der Waals surface area (Å²) in [6.45, 7) is 8.82. The van der Waals surface area contributed by atoms with Crippen molar-refractivity contribution in [3.05, 3.63) is 17.5 Å². The first-order valence-electron chi connectivity index (χ1n) is 7.29. The summed E-state index contributed by atoms with van der Waals surface area (Å²) in [5, 5.41) is 3.70. The second-order valence-corrected chi connectivity index (χ2v) is 8.60. The van der Waals surface area contributed by atoms with E-state index >= 15 is 0 Å². The minimum absolute atomic E-state index is 0.0513. The van der Waals surface area contributed by atoms with Gasteiger partial charge in [-0.25, -0.2) is 8.42 Å². The van der Waals surface area contributed by atoms with Gasteiger partial charge in [-0.15, -0.1) is 0 Å². The number of carbonyl (C=O) groups excluding carboxylic acids is 1. The first-order valence-corrected chi connectivity index (χ1v) is 8.90. The van der Waals surface area contributed by atoms with Crippen LogP contribution in [0.15, 0.2) is 10.6 Å². The predicted molar refractivity (Wildman–Crippen MR) is 81.5 cm³/mol. The maximum absolute atomic E-state index is 12.4. The number of sulfonamides is 1. The zero-order valence-corrected chi connectivity index (χ0v) is 14.3. The summed E-state index contributed by atoms with van der Waals surface area (Å²) in [5.74, 6) is 0.197. The molecule has 0 radical (unpaired) electrons. The Morgan fingerprint density at radius 1 is 1.27 bits per heavy atom. The van der Waals surface area contributed by atoms with Gasteiger partial charge in [-0.05, 0) is 6.92 Å². The van der Waals surface area contributed by atoms with Crippen LogP contribution >= 0.6 is 0 Å². The fourth-order valence-electron chi connectivity index (χ4n) is 2.40. The lowest BCUT2D eigenvalue weighted by Gasteiger charge is -2.36.